The number of ketones is 1. The zero-order valence-electron chi connectivity index (χ0n) is 17.0. The maximum absolute atomic E-state index is 14.1. The minimum atomic E-state index is -1.36. The SMILES string of the molecule is C/C=C\c1c(C(=O)c2c(F)cc(F)cc2F)c[nH]c1C(=O)NCc1nc2cc(F)ccc2o1. The molecule has 0 atom stereocenters. The third-order valence-electron chi connectivity index (χ3n) is 4.75. The molecule has 1 amide bonds. The number of carbonyl (C=O) groups excluding carboxylic acids is 2. The Labute approximate surface area is 183 Å². The minimum absolute atomic E-state index is 0.0541. The summed E-state index contributed by atoms with van der Waals surface area (Å²) >= 11 is 0. The molecule has 33 heavy (non-hydrogen) atoms. The van der Waals surface area contributed by atoms with Crippen molar-refractivity contribution in [1.82, 2.24) is 15.3 Å². The number of allylic oxidation sites excluding steroid dienone is 1. The number of fused-ring (bicyclic) bond motifs is 1. The van der Waals surface area contributed by atoms with Crippen LogP contribution in [0.5, 0.6) is 0 Å². The first-order chi connectivity index (χ1) is 15.8. The van der Waals surface area contributed by atoms with Crippen molar-refractivity contribution in [2.45, 2.75) is 13.5 Å². The average Bonchev–Trinajstić information content (AvgIpc) is 3.35. The summed E-state index contributed by atoms with van der Waals surface area (Å²) in [6.45, 7) is 1.48. The molecule has 10 heteroatoms. The third-order valence-corrected chi connectivity index (χ3v) is 4.75. The molecule has 0 spiro atoms. The van der Waals surface area contributed by atoms with Gasteiger partial charge in [0.1, 0.15) is 34.5 Å². The Morgan fingerprint density at radius 1 is 1.09 bits per heavy atom. The molecule has 0 unspecified atom stereocenters. The number of H-pyrrole nitrogens is 1. The number of hydrogen-bond donors (Lipinski definition) is 2. The predicted molar refractivity (Wildman–Crippen MR) is 110 cm³/mol. The lowest BCUT2D eigenvalue weighted by atomic mass is 9.99. The van der Waals surface area contributed by atoms with Crippen LogP contribution in [-0.2, 0) is 6.54 Å². The van der Waals surface area contributed by atoms with E-state index in [4.69, 9.17) is 4.42 Å². The second-order valence-electron chi connectivity index (χ2n) is 6.97. The number of nitrogens with zero attached hydrogens (tertiary/aromatic N) is 1. The van der Waals surface area contributed by atoms with E-state index in [1.165, 1.54) is 30.4 Å². The molecule has 4 aromatic rings. The van der Waals surface area contributed by atoms with Crippen molar-refractivity contribution in [3.05, 3.63) is 94.1 Å². The Balaban J connectivity index is 1.60. The fraction of sp³-hybridized carbons (Fsp3) is 0.0870. The fourth-order valence-electron chi connectivity index (χ4n) is 3.31. The molecule has 0 aliphatic heterocycles. The molecule has 0 radical (unpaired) electrons. The molecular formula is C23H15F4N3O3. The molecule has 0 bridgehead atoms. The lowest BCUT2D eigenvalue weighted by molar-refractivity contribution is 0.0942. The number of amides is 1. The normalized spacial score (nSPS) is 11.4. The summed E-state index contributed by atoms with van der Waals surface area (Å²) in [6, 6.07) is 4.61. The van der Waals surface area contributed by atoms with E-state index in [2.05, 4.69) is 15.3 Å². The van der Waals surface area contributed by atoms with Gasteiger partial charge in [0.15, 0.2) is 5.58 Å². The summed E-state index contributed by atoms with van der Waals surface area (Å²) in [5.74, 6) is -5.96. The predicted octanol–water partition coefficient (Wildman–Crippen LogP) is 4.91. The first-order valence-electron chi connectivity index (χ1n) is 9.65. The van der Waals surface area contributed by atoms with E-state index in [0.29, 0.717) is 17.7 Å². The van der Waals surface area contributed by atoms with Crippen LogP contribution in [0.25, 0.3) is 17.2 Å². The largest absolute Gasteiger partial charge is 0.439 e. The van der Waals surface area contributed by atoms with Gasteiger partial charge in [-0.2, -0.15) is 0 Å². The highest BCUT2D eigenvalue weighted by molar-refractivity contribution is 6.13. The summed E-state index contributed by atoms with van der Waals surface area (Å²) in [4.78, 5) is 32.2. The Morgan fingerprint density at radius 2 is 1.82 bits per heavy atom. The summed E-state index contributed by atoms with van der Waals surface area (Å²) < 4.78 is 60.2. The molecule has 0 fully saturated rings. The Morgan fingerprint density at radius 3 is 2.52 bits per heavy atom. The highest BCUT2D eigenvalue weighted by Crippen LogP contribution is 2.24. The first kappa shape index (κ1) is 22.0. The number of aromatic nitrogens is 2. The zero-order chi connectivity index (χ0) is 23.7. The fourth-order valence-corrected chi connectivity index (χ4v) is 3.31. The molecule has 2 aromatic heterocycles. The highest BCUT2D eigenvalue weighted by atomic mass is 19.1. The maximum atomic E-state index is 14.1. The second-order valence-corrected chi connectivity index (χ2v) is 6.97. The number of hydrogen-bond acceptors (Lipinski definition) is 4. The molecule has 168 valence electrons. The van der Waals surface area contributed by atoms with Crippen molar-refractivity contribution in [3.63, 3.8) is 0 Å². The standard InChI is InChI=1S/C23H15F4N3O3/c1-2-3-13-14(22(31)20-15(26)6-12(25)7-16(20)27)9-28-21(13)23(32)29-10-19-30-17-8-11(24)4-5-18(17)33-19/h2-9,28H,10H2,1H3,(H,29,32)/b3-2-. The van der Waals surface area contributed by atoms with Gasteiger partial charge in [-0.15, -0.1) is 0 Å². The lowest BCUT2D eigenvalue weighted by Crippen LogP contribution is -2.24. The minimum Gasteiger partial charge on any atom is -0.439 e. The zero-order valence-corrected chi connectivity index (χ0v) is 17.0. The van der Waals surface area contributed by atoms with Crippen molar-refractivity contribution in [1.29, 1.82) is 0 Å². The van der Waals surface area contributed by atoms with Crippen LogP contribution in [0.2, 0.25) is 0 Å². The number of aromatic amines is 1. The van der Waals surface area contributed by atoms with Gasteiger partial charge in [-0.3, -0.25) is 9.59 Å². The van der Waals surface area contributed by atoms with Gasteiger partial charge < -0.3 is 14.7 Å². The molecule has 0 aliphatic rings. The third kappa shape index (κ3) is 4.27. The van der Waals surface area contributed by atoms with E-state index < -0.39 is 40.5 Å². The van der Waals surface area contributed by atoms with Gasteiger partial charge in [0.05, 0.1) is 12.1 Å². The number of benzene rings is 2. The van der Waals surface area contributed by atoms with E-state index in [0.717, 1.165) is 6.20 Å². The highest BCUT2D eigenvalue weighted by Gasteiger charge is 2.26. The summed E-state index contributed by atoms with van der Waals surface area (Å²) in [5.41, 5.74) is -0.465. The lowest BCUT2D eigenvalue weighted by Gasteiger charge is -2.06. The molecule has 2 aromatic carbocycles. The molecular weight excluding hydrogens is 442 g/mol. The summed E-state index contributed by atoms with van der Waals surface area (Å²) in [5, 5.41) is 2.55. The van der Waals surface area contributed by atoms with Crippen LogP contribution in [-0.4, -0.2) is 21.7 Å². The average molecular weight is 457 g/mol. The molecule has 2 N–H and O–H groups in total. The summed E-state index contributed by atoms with van der Waals surface area (Å²) in [7, 11) is 0. The van der Waals surface area contributed by atoms with Crippen LogP contribution < -0.4 is 5.32 Å². The van der Waals surface area contributed by atoms with E-state index in [9.17, 15) is 27.2 Å². The number of rotatable bonds is 6. The topological polar surface area (TPSA) is 88.0 Å². The number of halogens is 4. The van der Waals surface area contributed by atoms with Crippen molar-refractivity contribution in [2.75, 3.05) is 0 Å². The molecule has 0 saturated heterocycles. The van der Waals surface area contributed by atoms with Gasteiger partial charge in [-0.05, 0) is 19.1 Å². The van der Waals surface area contributed by atoms with Crippen LogP contribution in [0, 0.1) is 23.3 Å². The number of oxazole rings is 1. The van der Waals surface area contributed by atoms with E-state index >= 15 is 0 Å². The Bertz CT molecular complexity index is 1400. The van der Waals surface area contributed by atoms with Crippen LogP contribution in [0.1, 0.15) is 44.8 Å². The van der Waals surface area contributed by atoms with Gasteiger partial charge in [-0.1, -0.05) is 12.2 Å². The molecule has 6 nitrogen and oxygen atoms in total. The monoisotopic (exact) mass is 457 g/mol. The van der Waals surface area contributed by atoms with Gasteiger partial charge >= 0.3 is 0 Å². The van der Waals surface area contributed by atoms with Gasteiger partial charge in [0.2, 0.25) is 11.7 Å². The molecule has 4 rings (SSSR count). The molecule has 2 heterocycles. The van der Waals surface area contributed by atoms with Crippen molar-refractivity contribution in [2.24, 2.45) is 0 Å². The van der Waals surface area contributed by atoms with E-state index in [1.54, 1.807) is 6.92 Å². The number of carbonyl (C=O) groups is 2. The van der Waals surface area contributed by atoms with Crippen LogP contribution in [0.3, 0.4) is 0 Å². The quantitative estimate of drug-likeness (QED) is 0.318. The first-order valence-corrected chi connectivity index (χ1v) is 9.65. The smallest absolute Gasteiger partial charge is 0.268 e. The molecule has 0 aliphatic carbocycles. The van der Waals surface area contributed by atoms with Gasteiger partial charge in [-0.25, -0.2) is 22.5 Å². The molecule has 0 saturated carbocycles. The van der Waals surface area contributed by atoms with Crippen molar-refractivity contribution in [3.8, 4) is 0 Å². The van der Waals surface area contributed by atoms with E-state index in [1.807, 2.05) is 0 Å². The van der Waals surface area contributed by atoms with E-state index in [-0.39, 0.29) is 34.8 Å². The number of nitrogens with one attached hydrogen (secondary N) is 2. The Kier molecular flexibility index (Phi) is 5.82. The summed E-state index contributed by atoms with van der Waals surface area (Å²) in [6.07, 6.45) is 4.08. The van der Waals surface area contributed by atoms with Crippen molar-refractivity contribution < 1.29 is 31.6 Å². The van der Waals surface area contributed by atoms with Gasteiger partial charge in [0.25, 0.3) is 5.91 Å². The van der Waals surface area contributed by atoms with Gasteiger partial charge in [0, 0.05) is 35.5 Å². The van der Waals surface area contributed by atoms with Crippen LogP contribution in [0.4, 0.5) is 17.6 Å². The van der Waals surface area contributed by atoms with Crippen LogP contribution in [0.15, 0.2) is 47.0 Å². The van der Waals surface area contributed by atoms with Crippen molar-refractivity contribution >= 4 is 28.9 Å². The Hall–Kier alpha value is -4.21. The van der Waals surface area contributed by atoms with Crippen LogP contribution >= 0.6 is 0 Å². The second kappa shape index (κ2) is 8.73. The maximum Gasteiger partial charge on any atom is 0.268 e.